The smallest absolute Gasteiger partial charge is 0.319 e. The lowest BCUT2D eigenvalue weighted by molar-refractivity contribution is -0.148. The van der Waals surface area contributed by atoms with Crippen molar-refractivity contribution in [2.75, 3.05) is 18.5 Å². The van der Waals surface area contributed by atoms with Crippen LogP contribution in [-0.4, -0.2) is 36.4 Å². The molecule has 7 heteroatoms. The molecule has 0 aromatic heterocycles. The van der Waals surface area contributed by atoms with E-state index in [-0.39, 0.29) is 13.2 Å². The van der Waals surface area contributed by atoms with Crippen molar-refractivity contribution in [3.8, 4) is 0 Å². The molecule has 1 aromatic carbocycles. The molecule has 1 heterocycles. The van der Waals surface area contributed by atoms with Crippen LogP contribution in [0.2, 0.25) is 0 Å². The average molecular weight is 296 g/mol. The number of urea groups is 1. The third-order valence-electron chi connectivity index (χ3n) is 3.70. The molecule has 2 atom stereocenters. The van der Waals surface area contributed by atoms with E-state index in [0.717, 1.165) is 0 Å². The highest BCUT2D eigenvalue weighted by molar-refractivity contribution is 5.91. The number of amides is 2. The van der Waals surface area contributed by atoms with Gasteiger partial charge in [-0.3, -0.25) is 4.79 Å². The Morgan fingerprint density at radius 3 is 2.86 bits per heavy atom. The van der Waals surface area contributed by atoms with Crippen molar-refractivity contribution < 1.29 is 23.8 Å². The van der Waals surface area contributed by atoms with E-state index in [9.17, 15) is 19.1 Å². The van der Waals surface area contributed by atoms with Crippen molar-refractivity contribution in [2.24, 2.45) is 5.41 Å². The predicted octanol–water partition coefficient (Wildman–Crippen LogP) is 1.75. The summed E-state index contributed by atoms with van der Waals surface area (Å²) in [5.41, 5.74) is -0.132. The molecule has 1 fully saturated rings. The van der Waals surface area contributed by atoms with Gasteiger partial charge in [0.15, 0.2) is 0 Å². The van der Waals surface area contributed by atoms with Gasteiger partial charge in [0.05, 0.1) is 19.3 Å². The lowest BCUT2D eigenvalue weighted by Gasteiger charge is -2.25. The van der Waals surface area contributed by atoms with Crippen molar-refractivity contribution in [2.45, 2.75) is 19.9 Å². The van der Waals surface area contributed by atoms with Gasteiger partial charge >= 0.3 is 12.0 Å². The second kappa shape index (κ2) is 5.69. The molecule has 114 valence electrons. The summed E-state index contributed by atoms with van der Waals surface area (Å²) < 4.78 is 18.3. The minimum absolute atomic E-state index is 0.0340. The first-order valence-electron chi connectivity index (χ1n) is 6.48. The van der Waals surface area contributed by atoms with Crippen LogP contribution in [0.25, 0.3) is 0 Å². The highest BCUT2D eigenvalue weighted by Gasteiger charge is 2.47. The van der Waals surface area contributed by atoms with Crippen LogP contribution in [0.1, 0.15) is 12.5 Å². The molecule has 2 rings (SSSR count). The number of carbonyl (C=O) groups excluding carboxylic acids is 1. The van der Waals surface area contributed by atoms with E-state index in [1.165, 1.54) is 19.1 Å². The molecule has 0 spiro atoms. The van der Waals surface area contributed by atoms with Crippen molar-refractivity contribution >= 4 is 17.7 Å². The number of aliphatic carboxylic acids is 1. The molecule has 21 heavy (non-hydrogen) atoms. The average Bonchev–Trinajstić information content (AvgIpc) is 2.77. The number of benzene rings is 1. The number of halogens is 1. The molecule has 1 aromatic rings. The molecule has 6 nitrogen and oxygen atoms in total. The number of carboxylic acid groups (broad SMARTS) is 1. The molecule has 3 N–H and O–H groups in total. The third kappa shape index (κ3) is 3.13. The number of hydrogen-bond acceptors (Lipinski definition) is 3. The molecule has 0 radical (unpaired) electrons. The molecule has 1 saturated heterocycles. The quantitative estimate of drug-likeness (QED) is 0.793. The molecule has 0 saturated carbocycles. The lowest BCUT2D eigenvalue weighted by atomic mass is 9.85. The van der Waals surface area contributed by atoms with Crippen LogP contribution in [0.4, 0.5) is 14.9 Å². The Bertz CT molecular complexity index is 578. The van der Waals surface area contributed by atoms with Crippen LogP contribution in [0.5, 0.6) is 0 Å². The third-order valence-corrected chi connectivity index (χ3v) is 3.70. The molecule has 1 aliphatic rings. The fraction of sp³-hybridized carbons (Fsp3) is 0.429. The zero-order chi connectivity index (χ0) is 15.6. The van der Waals surface area contributed by atoms with Crippen molar-refractivity contribution in [1.29, 1.82) is 0 Å². The second-order valence-corrected chi connectivity index (χ2v) is 5.35. The molecule has 2 unspecified atom stereocenters. The first-order chi connectivity index (χ1) is 9.83. The number of nitrogens with one attached hydrogen (secondary N) is 2. The number of carbonyl (C=O) groups is 2. The summed E-state index contributed by atoms with van der Waals surface area (Å²) in [6.07, 6.45) is 0. The Labute approximate surface area is 121 Å². The molecule has 0 bridgehead atoms. The SMILES string of the molecule is Cc1ccc(F)cc1NC(=O)NC1COCC1(C)C(=O)O. The van der Waals surface area contributed by atoms with Gasteiger partial charge in [0.1, 0.15) is 11.2 Å². The number of hydrogen-bond donors (Lipinski definition) is 3. The first-order valence-corrected chi connectivity index (χ1v) is 6.48. The second-order valence-electron chi connectivity index (χ2n) is 5.35. The van der Waals surface area contributed by atoms with E-state index >= 15 is 0 Å². The van der Waals surface area contributed by atoms with E-state index in [4.69, 9.17) is 4.74 Å². The Morgan fingerprint density at radius 2 is 2.19 bits per heavy atom. The van der Waals surface area contributed by atoms with Gasteiger partial charge in [-0.2, -0.15) is 0 Å². The predicted molar refractivity (Wildman–Crippen MR) is 73.6 cm³/mol. The van der Waals surface area contributed by atoms with Gasteiger partial charge in [-0.05, 0) is 31.5 Å². The van der Waals surface area contributed by atoms with Crippen LogP contribution in [0.3, 0.4) is 0 Å². The van der Waals surface area contributed by atoms with E-state index in [1.54, 1.807) is 13.0 Å². The Balaban J connectivity index is 2.05. The van der Waals surface area contributed by atoms with Gasteiger partial charge in [-0.15, -0.1) is 0 Å². The summed E-state index contributed by atoms with van der Waals surface area (Å²) in [4.78, 5) is 23.2. The van der Waals surface area contributed by atoms with Gasteiger partial charge in [0, 0.05) is 5.69 Å². The van der Waals surface area contributed by atoms with Gasteiger partial charge in [-0.25, -0.2) is 9.18 Å². The number of ether oxygens (including phenoxy) is 1. The minimum atomic E-state index is -1.17. The number of carboxylic acids is 1. The normalized spacial score (nSPS) is 24.6. The van der Waals surface area contributed by atoms with Crippen molar-refractivity contribution in [3.05, 3.63) is 29.6 Å². The maximum Gasteiger partial charge on any atom is 0.319 e. The van der Waals surface area contributed by atoms with Crippen LogP contribution >= 0.6 is 0 Å². The van der Waals surface area contributed by atoms with E-state index in [0.29, 0.717) is 11.3 Å². The number of anilines is 1. The number of rotatable bonds is 3. The highest BCUT2D eigenvalue weighted by Crippen LogP contribution is 2.28. The maximum atomic E-state index is 13.2. The van der Waals surface area contributed by atoms with E-state index in [1.807, 2.05) is 0 Å². The number of aryl methyl sites for hydroxylation is 1. The van der Waals surface area contributed by atoms with Crippen LogP contribution in [0, 0.1) is 18.2 Å². The minimum Gasteiger partial charge on any atom is -0.481 e. The largest absolute Gasteiger partial charge is 0.481 e. The van der Waals surface area contributed by atoms with Crippen LogP contribution in [0.15, 0.2) is 18.2 Å². The molecular weight excluding hydrogens is 279 g/mol. The molecule has 1 aliphatic heterocycles. The van der Waals surface area contributed by atoms with Gasteiger partial charge in [0.2, 0.25) is 0 Å². The summed E-state index contributed by atoms with van der Waals surface area (Å²) in [6, 6.07) is 2.81. The van der Waals surface area contributed by atoms with Crippen LogP contribution < -0.4 is 10.6 Å². The summed E-state index contributed by atoms with van der Waals surface area (Å²) >= 11 is 0. The maximum absolute atomic E-state index is 13.2. The highest BCUT2D eigenvalue weighted by atomic mass is 19.1. The zero-order valence-electron chi connectivity index (χ0n) is 11.8. The molecule has 0 aliphatic carbocycles. The Hall–Kier alpha value is -2.15. The van der Waals surface area contributed by atoms with Crippen molar-refractivity contribution in [3.63, 3.8) is 0 Å². The summed E-state index contributed by atoms with van der Waals surface area (Å²) in [5.74, 6) is -1.50. The summed E-state index contributed by atoms with van der Waals surface area (Å²) in [6.45, 7) is 3.40. The van der Waals surface area contributed by atoms with Crippen LogP contribution in [-0.2, 0) is 9.53 Å². The summed E-state index contributed by atoms with van der Waals surface area (Å²) in [7, 11) is 0. The lowest BCUT2D eigenvalue weighted by Crippen LogP contribution is -2.50. The monoisotopic (exact) mass is 296 g/mol. The Morgan fingerprint density at radius 1 is 1.48 bits per heavy atom. The van der Waals surface area contributed by atoms with Gasteiger partial charge in [0.25, 0.3) is 0 Å². The zero-order valence-corrected chi connectivity index (χ0v) is 11.8. The molecular formula is C14H17FN2O4. The summed E-state index contributed by atoms with van der Waals surface area (Å²) in [5, 5.41) is 14.3. The first kappa shape index (κ1) is 15.2. The Kier molecular flexibility index (Phi) is 4.13. The molecule has 2 amide bonds. The van der Waals surface area contributed by atoms with Gasteiger partial charge in [-0.1, -0.05) is 6.07 Å². The van der Waals surface area contributed by atoms with E-state index < -0.39 is 29.3 Å². The fourth-order valence-electron chi connectivity index (χ4n) is 2.13. The topological polar surface area (TPSA) is 87.7 Å². The van der Waals surface area contributed by atoms with Crippen molar-refractivity contribution in [1.82, 2.24) is 5.32 Å². The standard InChI is InChI=1S/C14H17FN2O4/c1-8-3-4-9(15)5-10(8)16-13(20)17-11-6-21-7-14(11,2)12(18)19/h3-5,11H,6-7H2,1-2H3,(H,18,19)(H2,16,17,20). The van der Waals surface area contributed by atoms with Gasteiger partial charge < -0.3 is 20.5 Å². The van der Waals surface area contributed by atoms with E-state index in [2.05, 4.69) is 10.6 Å². The fourth-order valence-corrected chi connectivity index (χ4v) is 2.13.